The number of pyridine rings is 1. The van der Waals surface area contributed by atoms with E-state index in [1.54, 1.807) is 0 Å². The molecule has 0 radical (unpaired) electrons. The van der Waals surface area contributed by atoms with Gasteiger partial charge in [0.05, 0.1) is 5.69 Å². The summed E-state index contributed by atoms with van der Waals surface area (Å²) in [6.45, 7) is 1.25. The highest BCUT2D eigenvalue weighted by Crippen LogP contribution is 2.27. The number of nitrogens with one attached hydrogen (secondary N) is 1. The second-order valence-electron chi connectivity index (χ2n) is 3.67. The van der Waals surface area contributed by atoms with Crippen molar-refractivity contribution in [2.24, 2.45) is 0 Å². The number of benzene rings is 1. The van der Waals surface area contributed by atoms with Crippen LogP contribution in [-0.4, -0.2) is 22.0 Å². The monoisotopic (exact) mass is 248 g/mol. The van der Waals surface area contributed by atoms with Gasteiger partial charge in [0.2, 0.25) is 5.91 Å². The molecule has 0 aliphatic heterocycles. The molecule has 0 atom stereocenters. The van der Waals surface area contributed by atoms with Crippen LogP contribution in [0.1, 0.15) is 17.3 Å². The number of hydrogen-bond donors (Lipinski definition) is 2. The molecule has 2 rings (SSSR count). The molecule has 5 nitrogen and oxygen atoms in total. The van der Waals surface area contributed by atoms with E-state index in [0.29, 0.717) is 0 Å². The quantitative estimate of drug-likeness (QED) is 0.852. The summed E-state index contributed by atoms with van der Waals surface area (Å²) in [5.74, 6) is -2.25. The van der Waals surface area contributed by atoms with Gasteiger partial charge in [-0.05, 0) is 6.07 Å². The van der Waals surface area contributed by atoms with Gasteiger partial charge in [-0.1, -0.05) is 12.1 Å². The lowest BCUT2D eigenvalue weighted by atomic mass is 10.1. The van der Waals surface area contributed by atoms with Gasteiger partial charge in [0.1, 0.15) is 16.9 Å². The fraction of sp³-hybridized carbons (Fsp3) is 0.0833. The van der Waals surface area contributed by atoms with Gasteiger partial charge in [-0.2, -0.15) is 0 Å². The molecule has 0 aliphatic carbocycles. The Bertz CT molecular complexity index is 655. The Morgan fingerprint density at radius 2 is 2.11 bits per heavy atom. The number of aromatic carboxylic acids is 1. The summed E-state index contributed by atoms with van der Waals surface area (Å²) in [6, 6.07) is 4.15. The summed E-state index contributed by atoms with van der Waals surface area (Å²) >= 11 is 0. The number of nitrogens with zero attached hydrogens (tertiary/aromatic N) is 1. The van der Waals surface area contributed by atoms with E-state index < -0.39 is 17.7 Å². The van der Waals surface area contributed by atoms with E-state index in [9.17, 15) is 14.0 Å². The fourth-order valence-corrected chi connectivity index (χ4v) is 1.66. The molecule has 6 heteroatoms. The number of fused-ring (bicyclic) bond motifs is 1. The number of carbonyl (C=O) groups is 2. The third kappa shape index (κ3) is 2.00. The van der Waals surface area contributed by atoms with Crippen LogP contribution in [0.3, 0.4) is 0 Å². The predicted molar refractivity (Wildman–Crippen MR) is 63.0 cm³/mol. The van der Waals surface area contributed by atoms with Crippen LogP contribution in [0.4, 0.5) is 10.1 Å². The van der Waals surface area contributed by atoms with Crippen molar-refractivity contribution in [1.82, 2.24) is 4.98 Å². The van der Waals surface area contributed by atoms with Crippen LogP contribution in [-0.2, 0) is 4.79 Å². The van der Waals surface area contributed by atoms with Gasteiger partial charge in [0.25, 0.3) is 0 Å². The van der Waals surface area contributed by atoms with Crippen molar-refractivity contribution in [2.75, 3.05) is 5.32 Å². The highest BCUT2D eigenvalue weighted by Gasteiger charge is 2.16. The van der Waals surface area contributed by atoms with Crippen molar-refractivity contribution >= 4 is 28.5 Å². The first-order valence-corrected chi connectivity index (χ1v) is 5.09. The molecule has 0 spiro atoms. The predicted octanol–water partition coefficient (Wildman–Crippen LogP) is 2.03. The molecule has 1 amide bonds. The highest BCUT2D eigenvalue weighted by atomic mass is 19.1. The molecular formula is C12H9FN2O3. The number of carboxylic acids is 1. The Balaban J connectivity index is 2.80. The Hall–Kier alpha value is -2.50. The van der Waals surface area contributed by atoms with E-state index in [1.807, 2.05) is 0 Å². The molecule has 0 aliphatic rings. The zero-order chi connectivity index (χ0) is 13.3. The van der Waals surface area contributed by atoms with E-state index >= 15 is 0 Å². The topological polar surface area (TPSA) is 79.3 Å². The minimum atomic E-state index is -1.24. The lowest BCUT2D eigenvalue weighted by Gasteiger charge is -2.10. The summed E-state index contributed by atoms with van der Waals surface area (Å²) in [5, 5.41) is 11.7. The van der Waals surface area contributed by atoms with E-state index in [4.69, 9.17) is 5.11 Å². The molecule has 18 heavy (non-hydrogen) atoms. The minimum Gasteiger partial charge on any atom is -0.478 e. The molecule has 0 unspecified atom stereocenters. The average Bonchev–Trinajstić information content (AvgIpc) is 2.29. The van der Waals surface area contributed by atoms with Gasteiger partial charge in [-0.25, -0.2) is 9.18 Å². The van der Waals surface area contributed by atoms with Crippen LogP contribution in [0.15, 0.2) is 24.4 Å². The second-order valence-corrected chi connectivity index (χ2v) is 3.67. The molecule has 2 N–H and O–H groups in total. The number of anilines is 1. The van der Waals surface area contributed by atoms with E-state index in [2.05, 4.69) is 10.3 Å². The smallest absolute Gasteiger partial charge is 0.339 e. The van der Waals surface area contributed by atoms with Gasteiger partial charge >= 0.3 is 5.97 Å². The normalized spacial score (nSPS) is 10.3. The maximum absolute atomic E-state index is 13.5. The van der Waals surface area contributed by atoms with E-state index in [-0.39, 0.29) is 22.2 Å². The van der Waals surface area contributed by atoms with Gasteiger partial charge in [-0.15, -0.1) is 0 Å². The molecular weight excluding hydrogens is 239 g/mol. The number of hydrogen-bond acceptors (Lipinski definition) is 3. The van der Waals surface area contributed by atoms with Crippen LogP contribution in [0, 0.1) is 5.82 Å². The zero-order valence-electron chi connectivity index (χ0n) is 9.40. The fourth-order valence-electron chi connectivity index (χ4n) is 1.66. The molecule has 1 aromatic carbocycles. The second kappa shape index (κ2) is 4.40. The first-order valence-electron chi connectivity index (χ1n) is 5.09. The lowest BCUT2D eigenvalue weighted by Crippen LogP contribution is -2.12. The molecule has 1 aromatic heterocycles. The molecule has 0 fully saturated rings. The molecule has 92 valence electrons. The van der Waals surface area contributed by atoms with Crippen LogP contribution in [0.5, 0.6) is 0 Å². The zero-order valence-corrected chi connectivity index (χ0v) is 9.40. The first kappa shape index (κ1) is 12.0. The van der Waals surface area contributed by atoms with Gasteiger partial charge in [-0.3, -0.25) is 9.78 Å². The average molecular weight is 248 g/mol. The lowest BCUT2D eigenvalue weighted by molar-refractivity contribution is -0.114. The van der Waals surface area contributed by atoms with Crippen LogP contribution in [0.2, 0.25) is 0 Å². The molecule has 1 heterocycles. The number of carbonyl (C=O) groups excluding carboxylic acids is 1. The molecule has 0 saturated carbocycles. The summed E-state index contributed by atoms with van der Waals surface area (Å²) in [7, 11) is 0. The van der Waals surface area contributed by atoms with Gasteiger partial charge < -0.3 is 10.4 Å². The maximum Gasteiger partial charge on any atom is 0.339 e. The van der Waals surface area contributed by atoms with Gasteiger partial charge in [0.15, 0.2) is 0 Å². The van der Waals surface area contributed by atoms with Crippen molar-refractivity contribution in [1.29, 1.82) is 0 Å². The van der Waals surface area contributed by atoms with Crippen molar-refractivity contribution in [2.45, 2.75) is 6.92 Å². The summed E-state index contributed by atoms with van der Waals surface area (Å²) in [6.07, 6.45) is 1.03. The number of carboxylic acid groups (broad SMARTS) is 1. The van der Waals surface area contributed by atoms with E-state index in [0.717, 1.165) is 6.20 Å². The number of para-hydroxylation sites is 1. The number of aromatic nitrogens is 1. The number of amides is 1. The summed E-state index contributed by atoms with van der Waals surface area (Å²) < 4.78 is 13.5. The molecule has 2 aromatic rings. The summed E-state index contributed by atoms with van der Waals surface area (Å²) in [4.78, 5) is 25.9. The van der Waals surface area contributed by atoms with Crippen molar-refractivity contribution in [3.63, 3.8) is 0 Å². The molecule has 0 saturated heterocycles. The van der Waals surface area contributed by atoms with Crippen LogP contribution >= 0.6 is 0 Å². The van der Waals surface area contributed by atoms with Gasteiger partial charge in [0, 0.05) is 18.5 Å². The SMILES string of the molecule is CC(=O)Nc1c(C(=O)O)cnc2c(F)cccc12. The van der Waals surface area contributed by atoms with Crippen molar-refractivity contribution in [3.05, 3.63) is 35.8 Å². The Labute approximate surface area is 101 Å². The van der Waals surface area contributed by atoms with E-state index in [1.165, 1.54) is 25.1 Å². The van der Waals surface area contributed by atoms with Crippen LogP contribution in [0.25, 0.3) is 10.9 Å². The number of rotatable bonds is 2. The largest absolute Gasteiger partial charge is 0.478 e. The standard InChI is InChI=1S/C12H9FN2O3/c1-6(16)15-10-7-3-2-4-9(13)11(7)14-5-8(10)12(17)18/h2-5H,1H3,(H,17,18)(H,14,15,16). The highest BCUT2D eigenvalue weighted by molar-refractivity contribution is 6.09. The van der Waals surface area contributed by atoms with Crippen molar-refractivity contribution in [3.8, 4) is 0 Å². The third-order valence-electron chi connectivity index (χ3n) is 2.38. The maximum atomic E-state index is 13.5. The van der Waals surface area contributed by atoms with Crippen molar-refractivity contribution < 1.29 is 19.1 Å². The minimum absolute atomic E-state index is 0.0197. The number of halogens is 1. The Kier molecular flexibility index (Phi) is 2.93. The Morgan fingerprint density at radius 3 is 2.72 bits per heavy atom. The first-order chi connectivity index (χ1) is 8.50. The van der Waals surface area contributed by atoms with Crippen LogP contribution < -0.4 is 5.32 Å². The summed E-state index contributed by atoms with van der Waals surface area (Å²) in [5.41, 5.74) is -0.103. The third-order valence-corrected chi connectivity index (χ3v) is 2.38. The Morgan fingerprint density at radius 1 is 1.39 bits per heavy atom. The molecule has 0 bridgehead atoms.